The van der Waals surface area contributed by atoms with Gasteiger partial charge in [0.1, 0.15) is 35.8 Å². The molecule has 1 aliphatic heterocycles. The molecule has 7 N–H and O–H groups in total. The van der Waals surface area contributed by atoms with Gasteiger partial charge in [-0.2, -0.15) is 5.10 Å². The number of nitrogens with zero attached hydrogens (tertiary/aromatic N) is 3. The lowest BCUT2D eigenvalue weighted by atomic mass is 9.90. The summed E-state index contributed by atoms with van der Waals surface area (Å²) in [4.78, 5) is 15.5. The van der Waals surface area contributed by atoms with Gasteiger partial charge in [-0.1, -0.05) is 0 Å². The van der Waals surface area contributed by atoms with Crippen molar-refractivity contribution in [1.82, 2.24) is 14.6 Å². The quantitative estimate of drug-likeness (QED) is 0.443. The van der Waals surface area contributed by atoms with Gasteiger partial charge in [-0.3, -0.25) is 4.79 Å². The van der Waals surface area contributed by atoms with E-state index in [0.717, 1.165) is 0 Å². The maximum Gasteiger partial charge on any atom is 0.251 e. The van der Waals surface area contributed by atoms with E-state index in [1.807, 2.05) is 0 Å². The third kappa shape index (κ3) is 2.23. The molecule has 0 radical (unpaired) electrons. The van der Waals surface area contributed by atoms with Crippen LogP contribution < -0.4 is 11.5 Å². The van der Waals surface area contributed by atoms with Crippen LogP contribution in [0.5, 0.6) is 0 Å². The second-order valence-corrected chi connectivity index (χ2v) is 6.14. The van der Waals surface area contributed by atoms with Gasteiger partial charge >= 0.3 is 0 Å². The van der Waals surface area contributed by atoms with Crippen LogP contribution in [0.25, 0.3) is 5.52 Å². The number of hydrogen-bond donors (Lipinski definition) is 5. The molecule has 5 atom stereocenters. The Labute approximate surface area is 136 Å². The Morgan fingerprint density at radius 3 is 2.75 bits per heavy atom. The smallest absolute Gasteiger partial charge is 0.251 e. The Bertz CT molecular complexity index is 802. The van der Waals surface area contributed by atoms with Gasteiger partial charge in [0.25, 0.3) is 5.91 Å². The Hall–Kier alpha value is -2.27. The van der Waals surface area contributed by atoms with Crippen LogP contribution in [-0.4, -0.2) is 59.7 Å². The van der Waals surface area contributed by atoms with E-state index in [-0.39, 0.29) is 22.6 Å². The lowest BCUT2D eigenvalue weighted by Crippen LogP contribution is -2.45. The number of aliphatic hydroxyl groups excluding tert-OH is 2. The van der Waals surface area contributed by atoms with E-state index in [9.17, 15) is 20.1 Å². The monoisotopic (exact) mass is 337 g/mol. The average molecular weight is 337 g/mol. The van der Waals surface area contributed by atoms with Crippen LogP contribution in [0.4, 0.5) is 5.82 Å². The zero-order chi connectivity index (χ0) is 17.8. The summed E-state index contributed by atoms with van der Waals surface area (Å²) in [6, 6.07) is 1.39. The van der Waals surface area contributed by atoms with Gasteiger partial charge in [0.2, 0.25) is 0 Å². The highest BCUT2D eigenvalue weighted by atomic mass is 16.6. The van der Waals surface area contributed by atoms with Gasteiger partial charge in [-0.15, -0.1) is 0 Å². The second-order valence-electron chi connectivity index (χ2n) is 6.14. The molecule has 130 valence electrons. The minimum atomic E-state index is -1.73. The zero-order valence-electron chi connectivity index (χ0n) is 13.1. The molecular formula is C14H19N5O5. The van der Waals surface area contributed by atoms with E-state index in [2.05, 4.69) is 10.1 Å². The molecular weight excluding hydrogens is 318 g/mol. The molecule has 3 heterocycles. The van der Waals surface area contributed by atoms with E-state index in [1.165, 1.54) is 30.8 Å². The zero-order valence-corrected chi connectivity index (χ0v) is 13.1. The molecule has 10 nitrogen and oxygen atoms in total. The molecule has 0 aliphatic carbocycles. The third-order valence-corrected chi connectivity index (χ3v) is 4.35. The molecule has 1 fully saturated rings. The number of aromatic nitrogens is 3. The van der Waals surface area contributed by atoms with Crippen molar-refractivity contribution in [1.29, 1.82) is 0 Å². The summed E-state index contributed by atoms with van der Waals surface area (Å²) in [6.07, 6.45) is -3.25. The minimum absolute atomic E-state index is 0.0373. The number of carbonyl (C=O) groups excluding carboxylic acids is 1. The fraction of sp³-hybridized carbons (Fsp3) is 0.500. The minimum Gasteiger partial charge on any atom is -0.391 e. The molecule has 0 saturated carbocycles. The lowest BCUT2D eigenvalue weighted by molar-refractivity contribution is -0.0665. The summed E-state index contributed by atoms with van der Waals surface area (Å²) in [6.45, 7) is 2.82. The van der Waals surface area contributed by atoms with Crippen LogP contribution in [0.15, 0.2) is 12.4 Å². The highest BCUT2D eigenvalue weighted by Crippen LogP contribution is 2.43. The van der Waals surface area contributed by atoms with Crippen molar-refractivity contribution in [3.05, 3.63) is 23.7 Å². The van der Waals surface area contributed by atoms with Gasteiger partial charge in [0.15, 0.2) is 5.82 Å². The highest BCUT2D eigenvalue weighted by Gasteiger charge is 2.55. The summed E-state index contributed by atoms with van der Waals surface area (Å²) < 4.78 is 6.94. The van der Waals surface area contributed by atoms with Crippen molar-refractivity contribution in [3.63, 3.8) is 0 Å². The highest BCUT2D eigenvalue weighted by molar-refractivity contribution is 6.02. The van der Waals surface area contributed by atoms with Gasteiger partial charge < -0.3 is 31.5 Å². The number of rotatable bonds is 3. The fourth-order valence-electron chi connectivity index (χ4n) is 3.07. The lowest BCUT2D eigenvalue weighted by Gasteiger charge is -2.26. The standard InChI is InChI=1S/C14H19N5O5/c1-5(20)9-10(21)14(2,23)11(24-9)7-3-6(13(16)22)8-12(15)17-4-18-19(7)8/h3-5,9-11,20-21,23H,1-2H3,(H2,16,22)(H2,15,17,18)/t5-,9?,10+,11-,14+/m0/s1. The van der Waals surface area contributed by atoms with Crippen LogP contribution in [0, 0.1) is 0 Å². The molecule has 0 spiro atoms. The van der Waals surface area contributed by atoms with Crippen LogP contribution in [0.1, 0.15) is 36.0 Å². The van der Waals surface area contributed by atoms with E-state index < -0.39 is 35.9 Å². The Balaban J connectivity index is 2.20. The molecule has 2 aromatic rings. The molecule has 2 aromatic heterocycles. The Kier molecular flexibility index (Phi) is 3.72. The number of fused-ring (bicyclic) bond motifs is 1. The third-order valence-electron chi connectivity index (χ3n) is 4.35. The number of amides is 1. The fourth-order valence-corrected chi connectivity index (χ4v) is 3.07. The number of carbonyl (C=O) groups is 1. The summed E-state index contributed by atoms with van der Waals surface area (Å²) in [5, 5.41) is 34.7. The van der Waals surface area contributed by atoms with E-state index in [4.69, 9.17) is 16.2 Å². The van der Waals surface area contributed by atoms with Gasteiger partial charge in [-0.25, -0.2) is 9.50 Å². The first kappa shape index (κ1) is 16.6. The number of nitrogens with two attached hydrogens (primary N) is 2. The SMILES string of the molecule is C[C@H](O)C1O[C@@H](c2cc(C(N)=O)c3c(N)ncnn23)[C@](C)(O)[C@@H]1O. The first-order valence-corrected chi connectivity index (χ1v) is 7.32. The molecule has 3 rings (SSSR count). The Morgan fingerprint density at radius 2 is 2.21 bits per heavy atom. The second kappa shape index (κ2) is 5.38. The van der Waals surface area contributed by atoms with Crippen LogP contribution in [-0.2, 0) is 4.74 Å². The molecule has 24 heavy (non-hydrogen) atoms. The van der Waals surface area contributed by atoms with E-state index >= 15 is 0 Å². The first-order valence-electron chi connectivity index (χ1n) is 7.32. The summed E-state index contributed by atoms with van der Waals surface area (Å²) in [7, 11) is 0. The molecule has 1 amide bonds. The average Bonchev–Trinajstić information content (AvgIpc) is 2.97. The predicted molar refractivity (Wildman–Crippen MR) is 81.8 cm³/mol. The van der Waals surface area contributed by atoms with Gasteiger partial charge in [0, 0.05) is 0 Å². The summed E-state index contributed by atoms with van der Waals surface area (Å²) >= 11 is 0. The largest absolute Gasteiger partial charge is 0.391 e. The van der Waals surface area contributed by atoms with Crippen molar-refractivity contribution in [3.8, 4) is 0 Å². The topological polar surface area (TPSA) is 169 Å². The number of anilines is 1. The van der Waals surface area contributed by atoms with Crippen LogP contribution in [0.2, 0.25) is 0 Å². The van der Waals surface area contributed by atoms with Crippen molar-refractivity contribution in [2.24, 2.45) is 5.73 Å². The number of primary amides is 1. The molecule has 0 bridgehead atoms. The van der Waals surface area contributed by atoms with Crippen LogP contribution >= 0.6 is 0 Å². The normalized spacial score (nSPS) is 31.5. The molecule has 1 aliphatic rings. The maximum absolute atomic E-state index is 11.7. The number of aliphatic hydroxyl groups is 3. The molecule has 1 saturated heterocycles. The molecule has 10 heteroatoms. The predicted octanol–water partition coefficient (Wildman–Crippen LogP) is -1.66. The summed E-state index contributed by atoms with van der Waals surface area (Å²) in [5.74, 6) is -0.708. The van der Waals surface area contributed by atoms with Crippen molar-refractivity contribution in [2.45, 2.75) is 43.9 Å². The summed E-state index contributed by atoms with van der Waals surface area (Å²) in [5.41, 5.74) is 9.97. The molecule has 0 aromatic carbocycles. The number of ether oxygens (including phenoxy) is 1. The van der Waals surface area contributed by atoms with Gasteiger partial charge in [0.05, 0.1) is 17.4 Å². The van der Waals surface area contributed by atoms with Crippen molar-refractivity contribution < 1.29 is 24.9 Å². The van der Waals surface area contributed by atoms with E-state index in [1.54, 1.807) is 0 Å². The van der Waals surface area contributed by atoms with Crippen molar-refractivity contribution >= 4 is 17.2 Å². The number of nitrogen functional groups attached to an aromatic ring is 1. The maximum atomic E-state index is 11.7. The first-order chi connectivity index (χ1) is 11.2. The molecule has 1 unspecified atom stereocenters. The van der Waals surface area contributed by atoms with Gasteiger partial charge in [-0.05, 0) is 19.9 Å². The Morgan fingerprint density at radius 1 is 1.54 bits per heavy atom. The van der Waals surface area contributed by atoms with Crippen molar-refractivity contribution in [2.75, 3.05) is 5.73 Å². The van der Waals surface area contributed by atoms with Crippen LogP contribution in [0.3, 0.4) is 0 Å². The number of hydrogen-bond acceptors (Lipinski definition) is 8. The van der Waals surface area contributed by atoms with E-state index in [0.29, 0.717) is 0 Å².